The zero-order chi connectivity index (χ0) is 17.2. The molecule has 3 saturated heterocycles. The Morgan fingerprint density at radius 3 is 3.04 bits per heavy atom. The van der Waals surface area contributed by atoms with E-state index in [2.05, 4.69) is 15.6 Å². The van der Waals surface area contributed by atoms with Gasteiger partial charge in [-0.1, -0.05) is 6.07 Å². The van der Waals surface area contributed by atoms with E-state index in [-0.39, 0.29) is 29.8 Å². The van der Waals surface area contributed by atoms with Crippen molar-refractivity contribution < 1.29 is 9.59 Å². The van der Waals surface area contributed by atoms with Crippen molar-refractivity contribution in [2.24, 2.45) is 11.8 Å². The molecule has 0 spiro atoms. The van der Waals surface area contributed by atoms with Crippen LogP contribution < -0.4 is 10.6 Å². The van der Waals surface area contributed by atoms with Crippen molar-refractivity contribution in [1.82, 2.24) is 20.5 Å². The maximum absolute atomic E-state index is 12.9. The first-order valence-electron chi connectivity index (χ1n) is 9.43. The Bertz CT molecular complexity index is 636. The van der Waals surface area contributed by atoms with E-state index in [1.54, 1.807) is 6.20 Å². The van der Waals surface area contributed by atoms with E-state index in [9.17, 15) is 9.59 Å². The number of hydrogen-bond acceptors (Lipinski definition) is 4. The summed E-state index contributed by atoms with van der Waals surface area (Å²) in [6.07, 6.45) is 6.10. The van der Waals surface area contributed by atoms with Crippen molar-refractivity contribution in [1.29, 1.82) is 0 Å². The molecule has 4 rings (SSSR count). The van der Waals surface area contributed by atoms with Crippen molar-refractivity contribution in [3.05, 3.63) is 30.1 Å². The second kappa shape index (κ2) is 7.12. The van der Waals surface area contributed by atoms with Crippen LogP contribution in [-0.2, 0) is 16.0 Å². The summed E-state index contributed by atoms with van der Waals surface area (Å²) in [5, 5.41) is 6.53. The van der Waals surface area contributed by atoms with Crippen molar-refractivity contribution in [2.75, 3.05) is 19.6 Å². The molecule has 0 radical (unpaired) electrons. The number of pyridine rings is 1. The van der Waals surface area contributed by atoms with Crippen LogP contribution in [0.1, 0.15) is 31.4 Å². The summed E-state index contributed by atoms with van der Waals surface area (Å²) in [6, 6.07) is 5.73. The Kier molecular flexibility index (Phi) is 4.70. The minimum Gasteiger partial charge on any atom is -0.354 e. The van der Waals surface area contributed by atoms with E-state index in [0.29, 0.717) is 25.3 Å². The van der Waals surface area contributed by atoms with Crippen LogP contribution in [0.5, 0.6) is 0 Å². The van der Waals surface area contributed by atoms with Gasteiger partial charge in [-0.15, -0.1) is 0 Å². The molecule has 3 fully saturated rings. The maximum Gasteiger partial charge on any atom is 0.243 e. The lowest BCUT2D eigenvalue weighted by Crippen LogP contribution is -2.68. The highest BCUT2D eigenvalue weighted by atomic mass is 16.2. The zero-order valence-electron chi connectivity index (χ0n) is 14.5. The van der Waals surface area contributed by atoms with Gasteiger partial charge in [0.15, 0.2) is 0 Å². The molecule has 6 heteroatoms. The summed E-state index contributed by atoms with van der Waals surface area (Å²) in [5.74, 6) is 0.897. The van der Waals surface area contributed by atoms with Gasteiger partial charge in [0.1, 0.15) is 6.04 Å². The highest BCUT2D eigenvalue weighted by molar-refractivity contribution is 5.89. The number of nitrogens with one attached hydrogen (secondary N) is 2. The molecule has 2 amide bonds. The van der Waals surface area contributed by atoms with Gasteiger partial charge in [-0.25, -0.2) is 0 Å². The van der Waals surface area contributed by atoms with E-state index < -0.39 is 0 Å². The fourth-order valence-electron chi connectivity index (χ4n) is 4.81. The van der Waals surface area contributed by atoms with Crippen molar-refractivity contribution in [3.8, 4) is 0 Å². The van der Waals surface area contributed by atoms with Crippen LogP contribution >= 0.6 is 0 Å². The number of nitrogens with zero attached hydrogens (tertiary/aromatic N) is 2. The largest absolute Gasteiger partial charge is 0.354 e. The van der Waals surface area contributed by atoms with E-state index in [1.165, 1.54) is 0 Å². The van der Waals surface area contributed by atoms with Crippen LogP contribution in [0.4, 0.5) is 0 Å². The van der Waals surface area contributed by atoms with Gasteiger partial charge in [-0.2, -0.15) is 0 Å². The van der Waals surface area contributed by atoms with E-state index in [0.717, 1.165) is 38.0 Å². The molecular weight excluding hydrogens is 316 g/mol. The molecule has 1 aromatic rings. The van der Waals surface area contributed by atoms with Crippen LogP contribution in [0.25, 0.3) is 0 Å². The van der Waals surface area contributed by atoms with Crippen LogP contribution in [0.15, 0.2) is 24.4 Å². The average Bonchev–Trinajstić information content (AvgIpc) is 2.64. The highest BCUT2D eigenvalue weighted by Crippen LogP contribution is 2.39. The minimum atomic E-state index is -0.314. The summed E-state index contributed by atoms with van der Waals surface area (Å²) in [6.45, 7) is 2.35. The fraction of sp³-hybridized carbons (Fsp3) is 0.632. The molecule has 3 aliphatic heterocycles. The third-order valence-electron chi connectivity index (χ3n) is 5.92. The Morgan fingerprint density at radius 2 is 2.20 bits per heavy atom. The van der Waals surface area contributed by atoms with Gasteiger partial charge in [-0.05, 0) is 43.9 Å². The first-order valence-corrected chi connectivity index (χ1v) is 9.43. The van der Waals surface area contributed by atoms with Crippen LogP contribution in [0.3, 0.4) is 0 Å². The van der Waals surface area contributed by atoms with Gasteiger partial charge in [0.05, 0.1) is 0 Å². The summed E-state index contributed by atoms with van der Waals surface area (Å²) in [7, 11) is 0. The van der Waals surface area contributed by atoms with Gasteiger partial charge in [0.25, 0.3) is 0 Å². The third kappa shape index (κ3) is 3.27. The second-order valence-electron chi connectivity index (χ2n) is 7.48. The molecule has 0 aromatic carbocycles. The van der Waals surface area contributed by atoms with Crippen molar-refractivity contribution in [3.63, 3.8) is 0 Å². The van der Waals surface area contributed by atoms with Gasteiger partial charge in [0.2, 0.25) is 11.8 Å². The number of carbonyl (C=O) groups excluding carboxylic acids is 2. The molecule has 3 aliphatic rings. The Balaban J connectivity index is 1.44. The minimum absolute atomic E-state index is 0.00308. The predicted molar refractivity (Wildman–Crippen MR) is 93.7 cm³/mol. The van der Waals surface area contributed by atoms with E-state index >= 15 is 0 Å². The number of fused-ring (bicyclic) bond motifs is 4. The lowest BCUT2D eigenvalue weighted by molar-refractivity contribution is -0.157. The Hall–Kier alpha value is -1.95. The van der Waals surface area contributed by atoms with Gasteiger partial charge < -0.3 is 15.5 Å². The molecule has 2 bridgehead atoms. The predicted octanol–water partition coefficient (Wildman–Crippen LogP) is 0.729. The molecule has 2 N–H and O–H groups in total. The molecule has 0 aliphatic carbocycles. The van der Waals surface area contributed by atoms with E-state index in [4.69, 9.17) is 0 Å². The number of hydrogen-bond donors (Lipinski definition) is 2. The van der Waals surface area contributed by atoms with E-state index in [1.807, 2.05) is 23.1 Å². The number of carbonyl (C=O) groups is 2. The fourth-order valence-corrected chi connectivity index (χ4v) is 4.81. The zero-order valence-corrected chi connectivity index (χ0v) is 14.5. The molecule has 134 valence electrons. The van der Waals surface area contributed by atoms with Crippen LogP contribution in [-0.4, -0.2) is 53.4 Å². The Morgan fingerprint density at radius 1 is 1.32 bits per heavy atom. The molecular formula is C19H26N4O2. The lowest BCUT2D eigenvalue weighted by Gasteiger charge is -2.53. The molecule has 0 saturated carbocycles. The molecule has 0 unspecified atom stereocenters. The lowest BCUT2D eigenvalue weighted by atomic mass is 9.72. The number of rotatable bonds is 4. The standard InChI is InChI=1S/C19H26N4O2/c24-17-6-3-5-16-13-10-14(12-20-11-13)18(23(16)17)19(25)22-9-7-15-4-1-2-8-21-15/h1-2,4,8,13-14,16,18,20H,3,5-7,9-12H2,(H,22,25)/t13-,14+,16+,18-/m1/s1. The Labute approximate surface area is 148 Å². The first kappa shape index (κ1) is 16.5. The molecule has 4 atom stereocenters. The normalized spacial score (nSPS) is 31.4. The summed E-state index contributed by atoms with van der Waals surface area (Å²) in [5.41, 5.74) is 0.970. The van der Waals surface area contributed by atoms with Crippen LogP contribution in [0.2, 0.25) is 0 Å². The average molecular weight is 342 g/mol. The van der Waals surface area contributed by atoms with Crippen molar-refractivity contribution >= 4 is 11.8 Å². The maximum atomic E-state index is 12.9. The van der Waals surface area contributed by atoms with Gasteiger partial charge in [-0.3, -0.25) is 14.6 Å². The summed E-state index contributed by atoms with van der Waals surface area (Å²) in [4.78, 5) is 31.8. The summed E-state index contributed by atoms with van der Waals surface area (Å²) < 4.78 is 0. The summed E-state index contributed by atoms with van der Waals surface area (Å²) >= 11 is 0. The molecule has 25 heavy (non-hydrogen) atoms. The highest BCUT2D eigenvalue weighted by Gasteiger charge is 2.50. The topological polar surface area (TPSA) is 74.3 Å². The SMILES string of the molecule is O=C(NCCc1ccccn1)[C@H]1[C@@H]2CNC[C@@H](C2)[C@@H]2CCCC(=O)N21. The van der Waals surface area contributed by atoms with Crippen molar-refractivity contribution in [2.45, 2.75) is 44.2 Å². The van der Waals surface area contributed by atoms with Crippen LogP contribution in [0, 0.1) is 11.8 Å². The first-order chi connectivity index (χ1) is 12.2. The van der Waals surface area contributed by atoms with Gasteiger partial charge >= 0.3 is 0 Å². The third-order valence-corrected chi connectivity index (χ3v) is 5.92. The molecule has 1 aromatic heterocycles. The quantitative estimate of drug-likeness (QED) is 0.846. The number of aromatic nitrogens is 1. The second-order valence-corrected chi connectivity index (χ2v) is 7.48. The molecule has 6 nitrogen and oxygen atoms in total. The van der Waals surface area contributed by atoms with Gasteiger partial charge in [0, 0.05) is 49.8 Å². The monoisotopic (exact) mass is 342 g/mol. The number of amides is 2. The smallest absolute Gasteiger partial charge is 0.243 e. The number of piperidine rings is 3. The molecule has 4 heterocycles.